The van der Waals surface area contributed by atoms with Crippen molar-refractivity contribution in [3.05, 3.63) is 102 Å². The van der Waals surface area contributed by atoms with Gasteiger partial charge in [0, 0.05) is 69.8 Å². The van der Waals surface area contributed by atoms with Crippen LogP contribution in [0.3, 0.4) is 0 Å². The van der Waals surface area contributed by atoms with Gasteiger partial charge in [-0.1, -0.05) is 17.7 Å². The average molecular weight is 465 g/mol. The number of hydrogen-bond acceptors (Lipinski definition) is 3. The van der Waals surface area contributed by atoms with Crippen LogP contribution < -0.4 is 0 Å². The Balaban J connectivity index is 1.54. The highest BCUT2D eigenvalue weighted by atomic mass is 35.5. The summed E-state index contributed by atoms with van der Waals surface area (Å²) in [6, 6.07) is 20.7. The van der Waals surface area contributed by atoms with Gasteiger partial charge in [0.25, 0.3) is 0 Å². The molecule has 6 rings (SSSR count). The lowest BCUT2D eigenvalue weighted by Gasteiger charge is -2.12. The normalized spacial score (nSPS) is 11.4. The minimum Gasteiger partial charge on any atom is -0.351 e. The lowest BCUT2D eigenvalue weighted by Crippen LogP contribution is -1.94. The van der Waals surface area contributed by atoms with Crippen LogP contribution in [0.15, 0.2) is 91.5 Å². The van der Waals surface area contributed by atoms with Gasteiger partial charge in [-0.15, -0.1) is 0 Å². The average Bonchev–Trinajstić information content (AvgIpc) is 3.25. The first-order valence-corrected chi connectivity index (χ1v) is 11.2. The highest BCUT2D eigenvalue weighted by Crippen LogP contribution is 2.35. The Hall–Kier alpha value is -4.09. The molecule has 0 spiro atoms. The van der Waals surface area contributed by atoms with Gasteiger partial charge in [0.1, 0.15) is 5.82 Å². The number of benzene rings is 2. The third kappa shape index (κ3) is 3.51. The fraction of sp³-hybridized carbons (Fsp3) is 0.0357. The maximum absolute atomic E-state index is 14.7. The molecule has 0 amide bonds. The second-order valence-electron chi connectivity index (χ2n) is 8.22. The first-order chi connectivity index (χ1) is 16.6. The minimum atomic E-state index is -0.388. The van der Waals surface area contributed by atoms with Crippen molar-refractivity contribution in [2.24, 2.45) is 7.05 Å². The predicted molar refractivity (Wildman–Crippen MR) is 135 cm³/mol. The van der Waals surface area contributed by atoms with E-state index in [9.17, 15) is 4.39 Å². The number of rotatable bonds is 3. The number of halogens is 2. The number of nitrogens with zero attached hydrogens (tertiary/aromatic N) is 4. The summed E-state index contributed by atoms with van der Waals surface area (Å²) in [7, 11) is 2.03. The third-order valence-electron chi connectivity index (χ3n) is 6.06. The smallest absolute Gasteiger partial charge is 0.160 e. The third-order valence-corrected chi connectivity index (χ3v) is 6.29. The van der Waals surface area contributed by atoms with Crippen LogP contribution in [-0.2, 0) is 7.05 Å². The molecule has 164 valence electrons. The van der Waals surface area contributed by atoms with Crippen molar-refractivity contribution in [1.29, 1.82) is 0 Å². The molecular weight excluding hydrogens is 447 g/mol. The highest BCUT2D eigenvalue weighted by molar-refractivity contribution is 6.30. The summed E-state index contributed by atoms with van der Waals surface area (Å²) in [6.45, 7) is 0. The zero-order valence-corrected chi connectivity index (χ0v) is 19.0. The molecule has 0 aliphatic carbocycles. The van der Waals surface area contributed by atoms with Crippen LogP contribution in [0, 0.1) is 5.82 Å². The quantitative estimate of drug-likeness (QED) is 0.276. The van der Waals surface area contributed by atoms with E-state index >= 15 is 0 Å². The van der Waals surface area contributed by atoms with Crippen molar-refractivity contribution in [3.8, 4) is 33.5 Å². The van der Waals surface area contributed by atoms with Crippen LogP contribution in [0.4, 0.5) is 4.39 Å². The van der Waals surface area contributed by atoms with Gasteiger partial charge in [0.2, 0.25) is 0 Å². The van der Waals surface area contributed by atoms with E-state index < -0.39 is 0 Å². The molecule has 0 N–H and O–H groups in total. The van der Waals surface area contributed by atoms with Crippen molar-refractivity contribution < 1.29 is 4.39 Å². The molecule has 0 bridgehead atoms. The van der Waals surface area contributed by atoms with Gasteiger partial charge in [-0.3, -0.25) is 4.98 Å². The Morgan fingerprint density at radius 3 is 2.65 bits per heavy atom. The lowest BCUT2D eigenvalue weighted by molar-refractivity contribution is 0.631. The number of aromatic nitrogens is 4. The molecule has 0 atom stereocenters. The summed E-state index contributed by atoms with van der Waals surface area (Å²) >= 11 is 6.15. The van der Waals surface area contributed by atoms with Gasteiger partial charge in [-0.2, -0.15) is 0 Å². The Morgan fingerprint density at radius 1 is 0.853 bits per heavy atom. The number of aryl methyl sites for hydroxylation is 1. The molecule has 0 saturated carbocycles. The van der Waals surface area contributed by atoms with Crippen molar-refractivity contribution in [2.45, 2.75) is 0 Å². The zero-order chi connectivity index (χ0) is 23.2. The van der Waals surface area contributed by atoms with Crippen molar-refractivity contribution in [3.63, 3.8) is 0 Å². The summed E-state index contributed by atoms with van der Waals surface area (Å²) in [5.74, 6) is -0.388. The maximum atomic E-state index is 14.7. The molecule has 4 nitrogen and oxygen atoms in total. The summed E-state index contributed by atoms with van der Waals surface area (Å²) in [6.07, 6.45) is 7.40. The molecule has 4 heterocycles. The highest BCUT2D eigenvalue weighted by Gasteiger charge is 2.14. The largest absolute Gasteiger partial charge is 0.351 e. The van der Waals surface area contributed by atoms with E-state index in [-0.39, 0.29) is 5.82 Å². The summed E-state index contributed by atoms with van der Waals surface area (Å²) in [5.41, 5.74) is 6.35. The molecule has 6 heteroatoms. The van der Waals surface area contributed by atoms with Crippen LogP contribution in [0.5, 0.6) is 0 Å². The second kappa shape index (κ2) is 8.04. The molecule has 0 fully saturated rings. The van der Waals surface area contributed by atoms with Crippen LogP contribution in [0.25, 0.3) is 55.4 Å². The SMILES string of the molecule is Cn1ccc2cc(-c3cncc(-c4cc(-c5cc(Cl)ccc5F)nc5ncccc45)c3)ccc21. The Morgan fingerprint density at radius 2 is 1.74 bits per heavy atom. The fourth-order valence-electron chi connectivity index (χ4n) is 4.33. The van der Waals surface area contributed by atoms with Gasteiger partial charge >= 0.3 is 0 Å². The molecule has 2 aromatic carbocycles. The summed E-state index contributed by atoms with van der Waals surface area (Å²) in [4.78, 5) is 13.6. The number of fused-ring (bicyclic) bond motifs is 2. The lowest BCUT2D eigenvalue weighted by atomic mass is 9.98. The van der Waals surface area contributed by atoms with E-state index in [2.05, 4.69) is 56.0 Å². The summed E-state index contributed by atoms with van der Waals surface area (Å²) in [5, 5.41) is 2.48. The maximum Gasteiger partial charge on any atom is 0.160 e. The van der Waals surface area contributed by atoms with E-state index in [1.165, 1.54) is 23.0 Å². The van der Waals surface area contributed by atoms with E-state index in [0.717, 1.165) is 27.6 Å². The van der Waals surface area contributed by atoms with Crippen molar-refractivity contribution in [1.82, 2.24) is 19.5 Å². The first-order valence-electron chi connectivity index (χ1n) is 10.8. The first kappa shape index (κ1) is 20.5. The van der Waals surface area contributed by atoms with Gasteiger partial charge in [-0.05, 0) is 71.8 Å². The van der Waals surface area contributed by atoms with Gasteiger partial charge in [0.05, 0.1) is 5.69 Å². The van der Waals surface area contributed by atoms with Crippen molar-refractivity contribution >= 4 is 33.5 Å². The van der Waals surface area contributed by atoms with Gasteiger partial charge in [0.15, 0.2) is 5.65 Å². The standard InChI is InChI=1S/C28H18ClFN4/c1-34-10-8-18-11-17(4-7-27(18)34)19-12-20(16-31-15-19)23-14-26(24-13-21(29)5-6-25(24)30)33-28-22(23)3-2-9-32-28/h2-16H,1H3. The zero-order valence-electron chi connectivity index (χ0n) is 18.2. The van der Waals surface area contributed by atoms with Crippen LogP contribution in [0.2, 0.25) is 5.02 Å². The molecular formula is C28H18ClFN4. The molecule has 34 heavy (non-hydrogen) atoms. The molecule has 0 aliphatic heterocycles. The van der Waals surface area contributed by atoms with E-state index in [1.54, 1.807) is 12.3 Å². The number of pyridine rings is 3. The molecule has 0 unspecified atom stereocenters. The van der Waals surface area contributed by atoms with Crippen LogP contribution >= 0.6 is 11.6 Å². The van der Waals surface area contributed by atoms with Gasteiger partial charge < -0.3 is 4.57 Å². The monoisotopic (exact) mass is 464 g/mol. The number of hydrogen-bond donors (Lipinski definition) is 0. The Bertz CT molecular complexity index is 1710. The minimum absolute atomic E-state index is 0.333. The Kier molecular flexibility index (Phi) is 4.85. The van der Waals surface area contributed by atoms with Crippen LogP contribution in [0.1, 0.15) is 0 Å². The molecule has 0 aliphatic rings. The molecule has 6 aromatic rings. The van der Waals surface area contributed by atoms with E-state index in [1.807, 2.05) is 37.6 Å². The van der Waals surface area contributed by atoms with Crippen molar-refractivity contribution in [2.75, 3.05) is 0 Å². The molecule has 0 radical (unpaired) electrons. The van der Waals surface area contributed by atoms with Crippen LogP contribution in [-0.4, -0.2) is 19.5 Å². The molecule has 4 aromatic heterocycles. The van der Waals surface area contributed by atoms with E-state index in [0.29, 0.717) is 21.9 Å². The Labute approximate surface area is 200 Å². The fourth-order valence-corrected chi connectivity index (χ4v) is 4.51. The predicted octanol–water partition coefficient (Wildman–Crippen LogP) is 7.31. The topological polar surface area (TPSA) is 43.6 Å². The second-order valence-corrected chi connectivity index (χ2v) is 8.65. The van der Waals surface area contributed by atoms with E-state index in [4.69, 9.17) is 11.6 Å². The van der Waals surface area contributed by atoms with Gasteiger partial charge in [-0.25, -0.2) is 14.4 Å². The molecule has 0 saturated heterocycles. The summed E-state index contributed by atoms with van der Waals surface area (Å²) < 4.78 is 16.8.